The smallest absolute Gasteiger partial charge is 0.315 e. The van der Waals surface area contributed by atoms with Crippen LogP contribution < -0.4 is 0 Å². The molecular formula is C15H10BrN3O6. The lowest BCUT2D eigenvalue weighted by atomic mass is 10.1. The van der Waals surface area contributed by atoms with E-state index in [-0.39, 0.29) is 29.4 Å². The lowest BCUT2D eigenvalue weighted by molar-refractivity contribution is -0.385. The molecule has 0 aliphatic rings. The minimum atomic E-state index is -0.834. The predicted octanol–water partition coefficient (Wildman–Crippen LogP) is 3.11. The fraction of sp³-hybridized carbons (Fsp3) is 0.0667. The molecule has 1 heterocycles. The number of aromatic nitrogens is 2. The molecule has 0 unspecified atom stereocenters. The van der Waals surface area contributed by atoms with Gasteiger partial charge in [-0.2, -0.15) is 4.98 Å². The zero-order valence-corrected chi connectivity index (χ0v) is 14.0. The Labute approximate surface area is 148 Å². The minimum absolute atomic E-state index is 0.0465. The first-order valence-corrected chi connectivity index (χ1v) is 7.65. The number of hydrogen-bond donors (Lipinski definition) is 3. The molecule has 0 saturated carbocycles. The molecule has 0 spiro atoms. The second kappa shape index (κ2) is 6.40. The van der Waals surface area contributed by atoms with Gasteiger partial charge in [0.2, 0.25) is 5.75 Å². The Morgan fingerprint density at radius 3 is 2.60 bits per heavy atom. The Morgan fingerprint density at radius 2 is 1.92 bits per heavy atom. The van der Waals surface area contributed by atoms with E-state index in [4.69, 9.17) is 4.52 Å². The molecule has 3 N–H and O–H groups in total. The van der Waals surface area contributed by atoms with E-state index in [1.165, 1.54) is 6.07 Å². The summed E-state index contributed by atoms with van der Waals surface area (Å²) >= 11 is 3.18. The third-order valence-electron chi connectivity index (χ3n) is 3.35. The van der Waals surface area contributed by atoms with Crippen molar-refractivity contribution in [2.45, 2.75) is 6.42 Å². The average molecular weight is 408 g/mol. The summed E-state index contributed by atoms with van der Waals surface area (Å²) in [6.45, 7) is 0. The number of nitrogens with zero attached hydrogens (tertiary/aromatic N) is 3. The van der Waals surface area contributed by atoms with Crippen LogP contribution in [0.25, 0.3) is 11.5 Å². The normalized spacial score (nSPS) is 10.8. The maximum Gasteiger partial charge on any atom is 0.315 e. The fourth-order valence-electron chi connectivity index (χ4n) is 2.16. The van der Waals surface area contributed by atoms with Gasteiger partial charge < -0.3 is 19.8 Å². The van der Waals surface area contributed by atoms with E-state index < -0.39 is 22.1 Å². The number of benzene rings is 2. The van der Waals surface area contributed by atoms with Gasteiger partial charge in [-0.3, -0.25) is 10.1 Å². The van der Waals surface area contributed by atoms with Crippen molar-refractivity contribution in [3.63, 3.8) is 0 Å². The Bertz CT molecular complexity index is 972. The largest absolute Gasteiger partial charge is 0.507 e. The van der Waals surface area contributed by atoms with Crippen LogP contribution in [0.4, 0.5) is 5.69 Å². The molecule has 2 aromatic carbocycles. The van der Waals surface area contributed by atoms with Crippen LogP contribution in [0.5, 0.6) is 17.2 Å². The van der Waals surface area contributed by atoms with Gasteiger partial charge in [-0.25, -0.2) is 0 Å². The van der Waals surface area contributed by atoms with Gasteiger partial charge in [-0.15, -0.1) is 0 Å². The van der Waals surface area contributed by atoms with Crippen LogP contribution >= 0.6 is 15.9 Å². The van der Waals surface area contributed by atoms with Crippen molar-refractivity contribution in [3.8, 4) is 28.7 Å². The fourth-order valence-corrected chi connectivity index (χ4v) is 2.41. The van der Waals surface area contributed by atoms with E-state index in [0.717, 1.165) is 17.7 Å². The summed E-state index contributed by atoms with van der Waals surface area (Å²) in [6.07, 6.45) is 0.260. The molecule has 10 heteroatoms. The highest BCUT2D eigenvalue weighted by molar-refractivity contribution is 9.10. The van der Waals surface area contributed by atoms with Gasteiger partial charge in [0.25, 0.3) is 5.89 Å². The van der Waals surface area contributed by atoms with Crippen LogP contribution in [0.1, 0.15) is 11.4 Å². The molecule has 0 aliphatic heterocycles. The summed E-state index contributed by atoms with van der Waals surface area (Å²) < 4.78 is 5.61. The molecular weight excluding hydrogens is 398 g/mol. The molecule has 25 heavy (non-hydrogen) atoms. The number of phenols is 3. The first-order chi connectivity index (χ1) is 11.8. The summed E-state index contributed by atoms with van der Waals surface area (Å²) in [7, 11) is 0. The van der Waals surface area contributed by atoms with Crippen LogP contribution in [-0.4, -0.2) is 30.4 Å². The van der Waals surface area contributed by atoms with Gasteiger partial charge in [-0.05, 0) is 39.7 Å². The molecule has 0 aliphatic carbocycles. The summed E-state index contributed by atoms with van der Waals surface area (Å²) in [4.78, 5) is 14.2. The average Bonchev–Trinajstić information content (AvgIpc) is 3.01. The highest BCUT2D eigenvalue weighted by atomic mass is 79.9. The molecule has 0 saturated heterocycles. The number of phenolic OH excluding ortho intramolecular Hbond substituents is 3. The molecule has 128 valence electrons. The van der Waals surface area contributed by atoms with Crippen LogP contribution in [0.3, 0.4) is 0 Å². The van der Waals surface area contributed by atoms with Crippen molar-refractivity contribution in [2.75, 3.05) is 0 Å². The van der Waals surface area contributed by atoms with Gasteiger partial charge in [0.1, 0.15) is 5.75 Å². The zero-order valence-electron chi connectivity index (χ0n) is 12.4. The van der Waals surface area contributed by atoms with E-state index in [9.17, 15) is 25.4 Å². The number of aromatic hydroxyl groups is 3. The lowest BCUT2D eigenvalue weighted by Gasteiger charge is -2.01. The topological polar surface area (TPSA) is 143 Å². The van der Waals surface area contributed by atoms with Crippen molar-refractivity contribution in [1.29, 1.82) is 0 Å². The van der Waals surface area contributed by atoms with Gasteiger partial charge >= 0.3 is 5.69 Å². The van der Waals surface area contributed by atoms with E-state index in [1.54, 1.807) is 12.1 Å². The van der Waals surface area contributed by atoms with Crippen molar-refractivity contribution in [3.05, 3.63) is 56.3 Å². The molecule has 0 fully saturated rings. The highest BCUT2D eigenvalue weighted by Crippen LogP contribution is 2.39. The molecule has 0 atom stereocenters. The summed E-state index contributed by atoms with van der Waals surface area (Å²) in [6, 6.07) is 7.09. The second-order valence-corrected chi connectivity index (χ2v) is 5.95. The summed E-state index contributed by atoms with van der Waals surface area (Å²) in [5.74, 6) is -1.19. The third-order valence-corrected chi connectivity index (χ3v) is 4.02. The lowest BCUT2D eigenvalue weighted by Crippen LogP contribution is -1.92. The standard InChI is InChI=1S/C15H10BrN3O6/c16-9-2-1-7(3-11(9)20)4-13-17-15(25-18-13)8-5-10(19(23)24)14(22)12(21)6-8/h1-3,5-6,20-22H,4H2. The number of rotatable bonds is 4. The monoisotopic (exact) mass is 407 g/mol. The maximum absolute atomic E-state index is 10.9. The van der Waals surface area contributed by atoms with E-state index in [0.29, 0.717) is 4.47 Å². The first-order valence-electron chi connectivity index (χ1n) is 6.86. The molecule has 0 radical (unpaired) electrons. The second-order valence-electron chi connectivity index (χ2n) is 5.10. The number of nitro benzene ring substituents is 1. The van der Waals surface area contributed by atoms with Crippen LogP contribution in [0, 0.1) is 10.1 Å². The maximum atomic E-state index is 10.9. The quantitative estimate of drug-likeness (QED) is 0.340. The SMILES string of the molecule is O=[N+]([O-])c1cc(-c2nc(Cc3ccc(Br)c(O)c3)no2)cc(O)c1O. The number of halogens is 1. The van der Waals surface area contributed by atoms with Gasteiger partial charge in [0.05, 0.1) is 15.0 Å². The summed E-state index contributed by atoms with van der Waals surface area (Å²) in [5.41, 5.74) is 0.152. The zero-order chi connectivity index (χ0) is 18.1. The van der Waals surface area contributed by atoms with Gasteiger partial charge in [-0.1, -0.05) is 11.2 Å². The molecule has 0 bridgehead atoms. The molecule has 3 rings (SSSR count). The number of hydrogen-bond acceptors (Lipinski definition) is 8. The summed E-state index contributed by atoms with van der Waals surface area (Å²) in [5, 5.41) is 43.5. The predicted molar refractivity (Wildman–Crippen MR) is 88.3 cm³/mol. The Hall–Kier alpha value is -3.14. The minimum Gasteiger partial charge on any atom is -0.507 e. The number of nitro groups is 1. The van der Waals surface area contributed by atoms with Crippen molar-refractivity contribution in [2.24, 2.45) is 0 Å². The van der Waals surface area contributed by atoms with Gasteiger partial charge in [0.15, 0.2) is 11.6 Å². The van der Waals surface area contributed by atoms with Crippen molar-refractivity contribution < 1.29 is 24.8 Å². The molecule has 9 nitrogen and oxygen atoms in total. The first kappa shape index (κ1) is 16.7. The van der Waals surface area contributed by atoms with Crippen molar-refractivity contribution >= 4 is 21.6 Å². The van der Waals surface area contributed by atoms with Crippen LogP contribution in [0.15, 0.2) is 39.3 Å². The Balaban J connectivity index is 1.91. The van der Waals surface area contributed by atoms with Gasteiger partial charge in [0, 0.05) is 12.5 Å². The highest BCUT2D eigenvalue weighted by Gasteiger charge is 2.22. The van der Waals surface area contributed by atoms with E-state index in [1.807, 2.05) is 0 Å². The van der Waals surface area contributed by atoms with Crippen LogP contribution in [0.2, 0.25) is 0 Å². The van der Waals surface area contributed by atoms with Crippen LogP contribution in [-0.2, 0) is 6.42 Å². The molecule has 3 aromatic rings. The molecule has 0 amide bonds. The Kier molecular flexibility index (Phi) is 4.28. The Morgan fingerprint density at radius 1 is 1.16 bits per heavy atom. The van der Waals surface area contributed by atoms with E-state index >= 15 is 0 Å². The van der Waals surface area contributed by atoms with E-state index in [2.05, 4.69) is 26.1 Å². The third kappa shape index (κ3) is 3.38. The molecule has 1 aromatic heterocycles. The van der Waals surface area contributed by atoms with Crippen molar-refractivity contribution in [1.82, 2.24) is 10.1 Å².